The number of hydrogen-bond donors (Lipinski definition) is 0. The highest BCUT2D eigenvalue weighted by molar-refractivity contribution is 5.95. The summed E-state index contributed by atoms with van der Waals surface area (Å²) in [5.41, 5.74) is 5.90. The molecule has 0 aliphatic carbocycles. The molecular formula is C27H22N2O2. The monoisotopic (exact) mass is 406 g/mol. The Morgan fingerprint density at radius 1 is 0.774 bits per heavy atom. The Labute approximate surface area is 181 Å². The van der Waals surface area contributed by atoms with E-state index >= 15 is 0 Å². The van der Waals surface area contributed by atoms with Gasteiger partial charge in [-0.3, -0.25) is 4.98 Å². The molecule has 0 saturated heterocycles. The lowest BCUT2D eigenvalue weighted by molar-refractivity contribution is 0.0455. The van der Waals surface area contributed by atoms with Crippen LogP contribution in [0.5, 0.6) is 0 Å². The smallest absolute Gasteiger partial charge is 0.339 e. The number of esters is 1. The number of hydrogen-bond acceptors (Lipinski definition) is 4. The molecule has 0 spiro atoms. The molecule has 1 aromatic heterocycles. The zero-order chi connectivity index (χ0) is 21.0. The maximum absolute atomic E-state index is 12.7. The maximum Gasteiger partial charge on any atom is 0.339 e. The Bertz CT molecular complexity index is 1140. The highest BCUT2D eigenvalue weighted by Gasteiger charge is 2.32. The molecule has 1 aliphatic rings. The highest BCUT2D eigenvalue weighted by Crippen LogP contribution is 2.37. The summed E-state index contributed by atoms with van der Waals surface area (Å²) in [7, 11) is 0. The van der Waals surface area contributed by atoms with Crippen LogP contribution in [0, 0.1) is 0 Å². The van der Waals surface area contributed by atoms with Crippen LogP contribution in [0.2, 0.25) is 0 Å². The topological polar surface area (TPSA) is 42.4 Å². The zero-order valence-electron chi connectivity index (χ0n) is 17.0. The van der Waals surface area contributed by atoms with Gasteiger partial charge in [0.15, 0.2) is 6.10 Å². The molecule has 2 heterocycles. The minimum Gasteiger partial charge on any atom is -0.449 e. The fraction of sp³-hybridized carbons (Fsp3) is 0.111. The Morgan fingerprint density at radius 3 is 2.00 bits per heavy atom. The van der Waals surface area contributed by atoms with E-state index in [0.29, 0.717) is 5.56 Å². The van der Waals surface area contributed by atoms with Gasteiger partial charge < -0.3 is 9.64 Å². The normalized spacial score (nSPS) is 14.7. The SMILES string of the molecule is O=C1OC(c2ccncc2)c2ccc(N(Cc3ccccc3)Cc3ccccc3)cc21. The summed E-state index contributed by atoms with van der Waals surface area (Å²) in [6.45, 7) is 1.49. The first-order valence-corrected chi connectivity index (χ1v) is 10.4. The van der Waals surface area contributed by atoms with Gasteiger partial charge in [0.2, 0.25) is 0 Å². The van der Waals surface area contributed by atoms with Crippen molar-refractivity contribution in [1.82, 2.24) is 4.98 Å². The van der Waals surface area contributed by atoms with Gasteiger partial charge in [0.05, 0.1) is 5.56 Å². The van der Waals surface area contributed by atoms with Crippen LogP contribution >= 0.6 is 0 Å². The fourth-order valence-electron chi connectivity index (χ4n) is 4.01. The van der Waals surface area contributed by atoms with Crippen molar-refractivity contribution in [3.8, 4) is 0 Å². The van der Waals surface area contributed by atoms with Gasteiger partial charge in [0.1, 0.15) is 0 Å². The van der Waals surface area contributed by atoms with Gasteiger partial charge in [-0.1, -0.05) is 66.7 Å². The van der Waals surface area contributed by atoms with Crippen molar-refractivity contribution >= 4 is 11.7 Å². The number of fused-ring (bicyclic) bond motifs is 1. The predicted molar refractivity (Wildman–Crippen MR) is 121 cm³/mol. The van der Waals surface area contributed by atoms with Crippen LogP contribution in [0.1, 0.15) is 38.7 Å². The minimum absolute atomic E-state index is 0.280. The molecule has 1 unspecified atom stereocenters. The molecule has 0 radical (unpaired) electrons. The Morgan fingerprint density at radius 2 is 1.39 bits per heavy atom. The van der Waals surface area contributed by atoms with Gasteiger partial charge in [-0.2, -0.15) is 0 Å². The lowest BCUT2D eigenvalue weighted by atomic mass is 9.99. The molecule has 0 amide bonds. The van der Waals surface area contributed by atoms with Gasteiger partial charge >= 0.3 is 5.97 Å². The second kappa shape index (κ2) is 8.44. The molecule has 152 valence electrons. The van der Waals surface area contributed by atoms with Crippen molar-refractivity contribution in [1.29, 1.82) is 0 Å². The number of carbonyl (C=O) groups excluding carboxylic acids is 1. The van der Waals surface area contributed by atoms with E-state index in [4.69, 9.17) is 4.74 Å². The maximum atomic E-state index is 12.7. The standard InChI is InChI=1S/C27H22N2O2/c30-27-25-17-23(11-12-24(25)26(31-27)22-13-15-28-16-14-22)29(18-20-7-3-1-4-8-20)19-21-9-5-2-6-10-21/h1-17,26H,18-19H2. The molecule has 0 N–H and O–H groups in total. The number of nitrogens with zero attached hydrogens (tertiary/aromatic N) is 2. The fourth-order valence-corrected chi connectivity index (χ4v) is 4.01. The summed E-state index contributed by atoms with van der Waals surface area (Å²) < 4.78 is 5.70. The number of cyclic esters (lactones) is 1. The van der Waals surface area contributed by atoms with Crippen molar-refractivity contribution in [2.45, 2.75) is 19.2 Å². The second-order valence-corrected chi connectivity index (χ2v) is 7.66. The molecule has 0 saturated carbocycles. The van der Waals surface area contributed by atoms with Crippen LogP contribution in [-0.4, -0.2) is 11.0 Å². The molecule has 1 atom stereocenters. The summed E-state index contributed by atoms with van der Waals surface area (Å²) in [5.74, 6) is -0.280. The summed E-state index contributed by atoms with van der Waals surface area (Å²) in [5, 5.41) is 0. The molecule has 4 aromatic rings. The summed E-state index contributed by atoms with van der Waals surface area (Å²) >= 11 is 0. The quantitative estimate of drug-likeness (QED) is 0.394. The molecule has 4 nitrogen and oxygen atoms in total. The van der Waals surface area contributed by atoms with E-state index in [0.717, 1.165) is 29.9 Å². The molecule has 31 heavy (non-hydrogen) atoms. The van der Waals surface area contributed by atoms with Crippen molar-refractivity contribution < 1.29 is 9.53 Å². The van der Waals surface area contributed by atoms with E-state index < -0.39 is 0 Å². The van der Waals surface area contributed by atoms with Crippen LogP contribution in [0.3, 0.4) is 0 Å². The Kier molecular flexibility index (Phi) is 5.19. The average Bonchev–Trinajstić information content (AvgIpc) is 3.16. The van der Waals surface area contributed by atoms with E-state index in [9.17, 15) is 4.79 Å². The number of carbonyl (C=O) groups is 1. The molecule has 0 fully saturated rings. The van der Waals surface area contributed by atoms with Gasteiger partial charge in [0.25, 0.3) is 0 Å². The number of anilines is 1. The largest absolute Gasteiger partial charge is 0.449 e. The Balaban J connectivity index is 1.49. The van der Waals surface area contributed by atoms with Crippen molar-refractivity contribution in [3.05, 3.63) is 131 Å². The lowest BCUT2D eigenvalue weighted by Gasteiger charge is -2.26. The third-order valence-electron chi connectivity index (χ3n) is 5.57. The molecule has 1 aliphatic heterocycles. The van der Waals surface area contributed by atoms with Crippen LogP contribution in [0.15, 0.2) is 103 Å². The first-order valence-electron chi connectivity index (χ1n) is 10.4. The third-order valence-corrected chi connectivity index (χ3v) is 5.57. The van der Waals surface area contributed by atoms with Gasteiger partial charge in [-0.15, -0.1) is 0 Å². The van der Waals surface area contributed by atoms with Crippen LogP contribution in [-0.2, 0) is 17.8 Å². The summed E-state index contributed by atoms with van der Waals surface area (Å²) in [6, 6.07) is 30.6. The van der Waals surface area contributed by atoms with E-state index in [-0.39, 0.29) is 12.1 Å². The van der Waals surface area contributed by atoms with E-state index in [1.54, 1.807) is 12.4 Å². The first kappa shape index (κ1) is 19.1. The number of aromatic nitrogens is 1. The summed E-state index contributed by atoms with van der Waals surface area (Å²) in [4.78, 5) is 19.0. The third kappa shape index (κ3) is 4.05. The van der Waals surface area contributed by atoms with Gasteiger partial charge in [-0.25, -0.2) is 4.79 Å². The number of rotatable bonds is 6. The molecule has 4 heteroatoms. The number of pyridine rings is 1. The minimum atomic E-state index is -0.378. The van der Waals surface area contributed by atoms with Crippen molar-refractivity contribution in [2.24, 2.45) is 0 Å². The van der Waals surface area contributed by atoms with Gasteiger partial charge in [0, 0.05) is 42.3 Å². The summed E-state index contributed by atoms with van der Waals surface area (Å²) in [6.07, 6.45) is 3.06. The van der Waals surface area contributed by atoms with Gasteiger partial charge in [-0.05, 0) is 35.4 Å². The van der Waals surface area contributed by atoms with E-state index in [2.05, 4.69) is 64.5 Å². The molecule has 3 aromatic carbocycles. The Hall–Kier alpha value is -3.92. The predicted octanol–water partition coefficient (Wildman–Crippen LogP) is 5.55. The van der Waals surface area contributed by atoms with Crippen molar-refractivity contribution in [2.75, 3.05) is 4.90 Å². The van der Waals surface area contributed by atoms with E-state index in [1.165, 1.54) is 11.1 Å². The lowest BCUT2D eigenvalue weighted by Crippen LogP contribution is -2.22. The molecular weight excluding hydrogens is 384 g/mol. The highest BCUT2D eigenvalue weighted by atomic mass is 16.5. The second-order valence-electron chi connectivity index (χ2n) is 7.66. The first-order chi connectivity index (χ1) is 15.3. The van der Waals surface area contributed by atoms with Crippen molar-refractivity contribution in [3.63, 3.8) is 0 Å². The molecule has 5 rings (SSSR count). The van der Waals surface area contributed by atoms with Crippen LogP contribution < -0.4 is 4.90 Å². The van der Waals surface area contributed by atoms with E-state index in [1.807, 2.05) is 36.4 Å². The average molecular weight is 406 g/mol. The van der Waals surface area contributed by atoms with Crippen LogP contribution in [0.25, 0.3) is 0 Å². The van der Waals surface area contributed by atoms with Crippen LogP contribution in [0.4, 0.5) is 5.69 Å². The molecule has 0 bridgehead atoms. The number of ether oxygens (including phenoxy) is 1. The number of benzene rings is 3. The zero-order valence-corrected chi connectivity index (χ0v) is 17.0.